The van der Waals surface area contributed by atoms with E-state index in [-0.39, 0.29) is 10.4 Å². The molecule has 2 rings (SSSR count). The largest absolute Gasteiger partial charge is 0.389 e. The first kappa shape index (κ1) is 16.4. The third kappa shape index (κ3) is 3.44. The standard InChI is InChI=1S/C15H22N2O2S2/c1-11-10-12(14(16)20)4-5-13(11)21(18,19)17-8-6-15(2,3)7-9-17/h4-5,10H,6-9H2,1-3H3,(H2,16,20). The highest BCUT2D eigenvalue weighted by Gasteiger charge is 2.33. The molecule has 1 aromatic rings. The van der Waals surface area contributed by atoms with Crippen LogP contribution in [0.1, 0.15) is 37.8 Å². The van der Waals surface area contributed by atoms with Gasteiger partial charge in [0.1, 0.15) is 4.99 Å². The number of hydrogen-bond donors (Lipinski definition) is 1. The molecule has 6 heteroatoms. The predicted molar refractivity (Wildman–Crippen MR) is 88.8 cm³/mol. The molecule has 1 aliphatic heterocycles. The van der Waals surface area contributed by atoms with Gasteiger partial charge >= 0.3 is 0 Å². The Labute approximate surface area is 132 Å². The van der Waals surface area contributed by atoms with E-state index in [0.29, 0.717) is 29.1 Å². The van der Waals surface area contributed by atoms with Crippen molar-refractivity contribution >= 4 is 27.2 Å². The second-order valence-electron chi connectivity index (χ2n) is 6.41. The molecule has 1 saturated heterocycles. The van der Waals surface area contributed by atoms with E-state index in [1.807, 2.05) is 0 Å². The summed E-state index contributed by atoms with van der Waals surface area (Å²) in [5.74, 6) is 0. The molecule has 0 saturated carbocycles. The van der Waals surface area contributed by atoms with Crippen LogP contribution < -0.4 is 5.73 Å². The Bertz CT molecular complexity index is 656. The fourth-order valence-electron chi connectivity index (χ4n) is 2.56. The molecule has 1 heterocycles. The van der Waals surface area contributed by atoms with Gasteiger partial charge in [-0.05, 0) is 42.9 Å². The first-order chi connectivity index (χ1) is 9.63. The third-order valence-corrected chi connectivity index (χ3v) is 6.45. The van der Waals surface area contributed by atoms with E-state index in [9.17, 15) is 8.42 Å². The summed E-state index contributed by atoms with van der Waals surface area (Å²) in [5.41, 5.74) is 7.19. The van der Waals surface area contributed by atoms with Gasteiger partial charge in [-0.2, -0.15) is 4.31 Å². The normalized spacial score (nSPS) is 19.4. The summed E-state index contributed by atoms with van der Waals surface area (Å²) in [6.07, 6.45) is 1.77. The molecule has 1 fully saturated rings. The van der Waals surface area contributed by atoms with Crippen LogP contribution in [0.4, 0.5) is 0 Å². The van der Waals surface area contributed by atoms with Crippen LogP contribution in [0.15, 0.2) is 23.1 Å². The monoisotopic (exact) mass is 326 g/mol. The number of piperidine rings is 1. The molecule has 0 unspecified atom stereocenters. The van der Waals surface area contributed by atoms with Gasteiger partial charge in [0.15, 0.2) is 0 Å². The molecule has 0 bridgehead atoms. The Morgan fingerprint density at radius 1 is 1.29 bits per heavy atom. The Balaban J connectivity index is 2.30. The fourth-order valence-corrected chi connectivity index (χ4v) is 4.34. The SMILES string of the molecule is Cc1cc(C(N)=S)ccc1S(=O)(=O)N1CCC(C)(C)CC1. The number of nitrogens with zero attached hydrogens (tertiary/aromatic N) is 1. The molecule has 0 spiro atoms. The van der Waals surface area contributed by atoms with Crippen LogP contribution in [0.5, 0.6) is 0 Å². The summed E-state index contributed by atoms with van der Waals surface area (Å²) in [7, 11) is -3.44. The highest BCUT2D eigenvalue weighted by atomic mass is 32.2. The van der Waals surface area contributed by atoms with E-state index in [1.54, 1.807) is 29.4 Å². The Kier molecular flexibility index (Phi) is 4.42. The minimum absolute atomic E-state index is 0.219. The quantitative estimate of drug-likeness (QED) is 0.867. The Morgan fingerprint density at radius 3 is 2.33 bits per heavy atom. The van der Waals surface area contributed by atoms with Crippen LogP contribution in [0, 0.1) is 12.3 Å². The van der Waals surface area contributed by atoms with Gasteiger partial charge in [0, 0.05) is 18.7 Å². The Hall–Kier alpha value is -0.980. The number of hydrogen-bond acceptors (Lipinski definition) is 3. The summed E-state index contributed by atoms with van der Waals surface area (Å²) >= 11 is 4.93. The molecule has 21 heavy (non-hydrogen) atoms. The minimum Gasteiger partial charge on any atom is -0.389 e. The smallest absolute Gasteiger partial charge is 0.243 e. The molecular weight excluding hydrogens is 304 g/mol. The number of benzene rings is 1. The van der Waals surface area contributed by atoms with Crippen LogP contribution >= 0.6 is 12.2 Å². The van der Waals surface area contributed by atoms with Gasteiger partial charge in [0.25, 0.3) is 0 Å². The number of thiocarbonyl (C=S) groups is 1. The van der Waals surface area contributed by atoms with Gasteiger partial charge in [-0.15, -0.1) is 0 Å². The molecule has 0 radical (unpaired) electrons. The van der Waals surface area contributed by atoms with E-state index in [2.05, 4.69) is 13.8 Å². The van der Waals surface area contributed by atoms with Crippen molar-refractivity contribution in [1.29, 1.82) is 0 Å². The number of aryl methyl sites for hydroxylation is 1. The lowest BCUT2D eigenvalue weighted by molar-refractivity contribution is 0.196. The molecule has 4 nitrogen and oxygen atoms in total. The van der Waals surface area contributed by atoms with Gasteiger partial charge < -0.3 is 5.73 Å². The van der Waals surface area contributed by atoms with Crippen LogP contribution in [0.2, 0.25) is 0 Å². The summed E-state index contributed by atoms with van der Waals surface area (Å²) in [6, 6.07) is 5.03. The van der Waals surface area contributed by atoms with E-state index >= 15 is 0 Å². The highest BCUT2D eigenvalue weighted by molar-refractivity contribution is 7.89. The highest BCUT2D eigenvalue weighted by Crippen LogP contribution is 2.33. The van der Waals surface area contributed by atoms with Crippen molar-refractivity contribution in [2.75, 3.05) is 13.1 Å². The van der Waals surface area contributed by atoms with E-state index in [0.717, 1.165) is 12.8 Å². The molecular formula is C15H22N2O2S2. The lowest BCUT2D eigenvalue weighted by Gasteiger charge is -2.36. The second-order valence-corrected chi connectivity index (χ2v) is 8.76. The lowest BCUT2D eigenvalue weighted by atomic mass is 9.83. The van der Waals surface area contributed by atoms with Crippen molar-refractivity contribution in [3.05, 3.63) is 29.3 Å². The maximum atomic E-state index is 12.8. The van der Waals surface area contributed by atoms with Crippen LogP contribution in [0.3, 0.4) is 0 Å². The van der Waals surface area contributed by atoms with Crippen molar-refractivity contribution in [1.82, 2.24) is 4.31 Å². The van der Waals surface area contributed by atoms with Crippen LogP contribution in [-0.2, 0) is 10.0 Å². The first-order valence-electron chi connectivity index (χ1n) is 7.04. The molecule has 0 aromatic heterocycles. The summed E-state index contributed by atoms with van der Waals surface area (Å²) in [4.78, 5) is 0.629. The van der Waals surface area contributed by atoms with E-state index in [1.165, 1.54) is 0 Å². The minimum atomic E-state index is -3.44. The molecule has 1 aromatic carbocycles. The summed E-state index contributed by atoms with van der Waals surface area (Å²) in [6.45, 7) is 7.29. The fraction of sp³-hybridized carbons (Fsp3) is 0.533. The van der Waals surface area contributed by atoms with Crippen molar-refractivity contribution in [2.45, 2.75) is 38.5 Å². The zero-order valence-electron chi connectivity index (χ0n) is 12.7. The van der Waals surface area contributed by atoms with Gasteiger partial charge in [-0.25, -0.2) is 8.42 Å². The van der Waals surface area contributed by atoms with Crippen LogP contribution in [-0.4, -0.2) is 30.8 Å². The summed E-state index contributed by atoms with van der Waals surface area (Å²) in [5, 5.41) is 0. The van der Waals surface area contributed by atoms with E-state index < -0.39 is 10.0 Å². The average molecular weight is 326 g/mol. The summed E-state index contributed by atoms with van der Waals surface area (Å²) < 4.78 is 27.1. The maximum Gasteiger partial charge on any atom is 0.243 e. The first-order valence-corrected chi connectivity index (χ1v) is 8.89. The number of rotatable bonds is 3. The Morgan fingerprint density at radius 2 is 1.86 bits per heavy atom. The molecule has 116 valence electrons. The lowest BCUT2D eigenvalue weighted by Crippen LogP contribution is -2.41. The van der Waals surface area contributed by atoms with Crippen molar-refractivity contribution in [2.24, 2.45) is 11.1 Å². The number of nitrogens with two attached hydrogens (primary N) is 1. The molecule has 0 atom stereocenters. The number of sulfonamides is 1. The van der Waals surface area contributed by atoms with Gasteiger partial charge in [-0.1, -0.05) is 32.1 Å². The molecule has 0 amide bonds. The third-order valence-electron chi connectivity index (χ3n) is 4.15. The van der Waals surface area contributed by atoms with Gasteiger partial charge in [0.05, 0.1) is 4.90 Å². The average Bonchev–Trinajstić information content (AvgIpc) is 2.37. The zero-order chi connectivity index (χ0) is 15.8. The molecule has 0 aliphatic carbocycles. The van der Waals surface area contributed by atoms with Crippen molar-refractivity contribution in [3.8, 4) is 0 Å². The maximum absolute atomic E-state index is 12.8. The molecule has 2 N–H and O–H groups in total. The van der Waals surface area contributed by atoms with Crippen molar-refractivity contribution in [3.63, 3.8) is 0 Å². The topological polar surface area (TPSA) is 63.4 Å². The molecule has 1 aliphatic rings. The zero-order valence-corrected chi connectivity index (χ0v) is 14.4. The van der Waals surface area contributed by atoms with Gasteiger partial charge in [-0.3, -0.25) is 0 Å². The van der Waals surface area contributed by atoms with E-state index in [4.69, 9.17) is 18.0 Å². The van der Waals surface area contributed by atoms with Crippen LogP contribution in [0.25, 0.3) is 0 Å². The van der Waals surface area contributed by atoms with Gasteiger partial charge in [0.2, 0.25) is 10.0 Å². The second kappa shape index (κ2) is 5.66. The van der Waals surface area contributed by atoms with Crippen molar-refractivity contribution < 1.29 is 8.42 Å². The predicted octanol–water partition coefficient (Wildman–Crippen LogP) is 2.44.